The van der Waals surface area contributed by atoms with Crippen molar-refractivity contribution in [3.8, 4) is 6.07 Å². The maximum absolute atomic E-state index is 12.1. The standard InChI is InChI=1S/C16H22N4O/c1-20(15-3-2-10-18-11-15)12-16(21)19-14-6-4-13(5-7-14)8-9-17/h4-7,15,18H,2-3,8,10-12H2,1H3,(H,19,21). The van der Waals surface area contributed by atoms with Crippen molar-refractivity contribution in [3.05, 3.63) is 29.8 Å². The Labute approximate surface area is 125 Å². The zero-order valence-electron chi connectivity index (χ0n) is 12.4. The summed E-state index contributed by atoms with van der Waals surface area (Å²) in [4.78, 5) is 14.2. The number of carbonyl (C=O) groups is 1. The maximum Gasteiger partial charge on any atom is 0.238 e. The predicted octanol–water partition coefficient (Wildman–Crippen LogP) is 1.37. The predicted molar refractivity (Wildman–Crippen MR) is 82.9 cm³/mol. The highest BCUT2D eigenvalue weighted by atomic mass is 16.2. The fraction of sp³-hybridized carbons (Fsp3) is 0.500. The molecule has 5 nitrogen and oxygen atoms in total. The van der Waals surface area contributed by atoms with Gasteiger partial charge in [0.05, 0.1) is 19.0 Å². The van der Waals surface area contributed by atoms with Gasteiger partial charge in [0, 0.05) is 18.3 Å². The van der Waals surface area contributed by atoms with Crippen LogP contribution in [0.5, 0.6) is 0 Å². The Morgan fingerprint density at radius 1 is 1.48 bits per heavy atom. The van der Waals surface area contributed by atoms with Crippen LogP contribution in [0.4, 0.5) is 5.69 Å². The summed E-state index contributed by atoms with van der Waals surface area (Å²) in [6.07, 6.45) is 2.70. The van der Waals surface area contributed by atoms with E-state index in [-0.39, 0.29) is 5.91 Å². The van der Waals surface area contributed by atoms with E-state index < -0.39 is 0 Å². The van der Waals surface area contributed by atoms with Crippen molar-refractivity contribution in [3.63, 3.8) is 0 Å². The summed E-state index contributed by atoms with van der Waals surface area (Å²) < 4.78 is 0. The molecule has 1 unspecified atom stereocenters. The Balaban J connectivity index is 1.82. The third-order valence-corrected chi connectivity index (χ3v) is 3.81. The van der Waals surface area contributed by atoms with E-state index in [1.165, 1.54) is 0 Å². The molecule has 1 aromatic carbocycles. The molecule has 1 fully saturated rings. The minimum atomic E-state index is -0.00360. The lowest BCUT2D eigenvalue weighted by atomic mass is 10.1. The lowest BCUT2D eigenvalue weighted by molar-refractivity contribution is -0.117. The quantitative estimate of drug-likeness (QED) is 0.858. The molecule has 1 aliphatic rings. The number of nitrogens with one attached hydrogen (secondary N) is 2. The van der Waals surface area contributed by atoms with Gasteiger partial charge in [0.2, 0.25) is 5.91 Å². The van der Waals surface area contributed by atoms with Gasteiger partial charge >= 0.3 is 0 Å². The van der Waals surface area contributed by atoms with E-state index in [2.05, 4.69) is 21.6 Å². The average Bonchev–Trinajstić information content (AvgIpc) is 2.50. The molecule has 2 rings (SSSR count). The first-order valence-electron chi connectivity index (χ1n) is 7.36. The van der Waals surface area contributed by atoms with E-state index >= 15 is 0 Å². The van der Waals surface area contributed by atoms with Crippen molar-refractivity contribution in [1.29, 1.82) is 5.26 Å². The molecule has 1 heterocycles. The molecule has 1 aromatic rings. The number of likely N-dealkylation sites (N-methyl/N-ethyl adjacent to an activating group) is 1. The zero-order valence-corrected chi connectivity index (χ0v) is 12.4. The van der Waals surface area contributed by atoms with Crippen LogP contribution in [0, 0.1) is 11.3 Å². The van der Waals surface area contributed by atoms with E-state index in [9.17, 15) is 4.79 Å². The molecule has 1 atom stereocenters. The molecule has 0 aromatic heterocycles. The van der Waals surface area contributed by atoms with Crippen LogP contribution in [0.3, 0.4) is 0 Å². The highest BCUT2D eigenvalue weighted by Crippen LogP contribution is 2.11. The normalized spacial score (nSPS) is 18.2. The van der Waals surface area contributed by atoms with Crippen molar-refractivity contribution in [2.45, 2.75) is 25.3 Å². The number of carbonyl (C=O) groups excluding carboxylic acids is 1. The van der Waals surface area contributed by atoms with Gasteiger partial charge in [-0.2, -0.15) is 5.26 Å². The molecule has 1 saturated heterocycles. The third-order valence-electron chi connectivity index (χ3n) is 3.81. The van der Waals surface area contributed by atoms with E-state index in [4.69, 9.17) is 5.26 Å². The lowest BCUT2D eigenvalue weighted by Crippen LogP contribution is -2.46. The fourth-order valence-electron chi connectivity index (χ4n) is 2.56. The average molecular weight is 286 g/mol. The number of nitriles is 1. The first-order valence-corrected chi connectivity index (χ1v) is 7.36. The Morgan fingerprint density at radius 2 is 2.24 bits per heavy atom. The second kappa shape index (κ2) is 7.77. The van der Waals surface area contributed by atoms with Crippen LogP contribution in [0.1, 0.15) is 18.4 Å². The van der Waals surface area contributed by atoms with Crippen molar-refractivity contribution in [2.75, 3.05) is 32.0 Å². The van der Waals surface area contributed by atoms with Crippen LogP contribution in [0.25, 0.3) is 0 Å². The molecule has 1 amide bonds. The highest BCUT2D eigenvalue weighted by Gasteiger charge is 2.19. The van der Waals surface area contributed by atoms with Crippen molar-refractivity contribution < 1.29 is 4.79 Å². The minimum Gasteiger partial charge on any atom is -0.325 e. The molecule has 0 radical (unpaired) electrons. The first kappa shape index (κ1) is 15.5. The van der Waals surface area contributed by atoms with E-state index in [1.807, 2.05) is 31.3 Å². The molecular weight excluding hydrogens is 264 g/mol. The summed E-state index contributed by atoms with van der Waals surface area (Å²) in [5.41, 5.74) is 1.73. The van der Waals surface area contributed by atoms with Gasteiger partial charge in [0.25, 0.3) is 0 Å². The smallest absolute Gasteiger partial charge is 0.238 e. The van der Waals surface area contributed by atoms with Gasteiger partial charge in [-0.25, -0.2) is 0 Å². The van der Waals surface area contributed by atoms with Crippen molar-refractivity contribution >= 4 is 11.6 Å². The number of anilines is 1. The van der Waals surface area contributed by atoms with Gasteiger partial charge in [-0.15, -0.1) is 0 Å². The Morgan fingerprint density at radius 3 is 2.86 bits per heavy atom. The summed E-state index contributed by atoms with van der Waals surface area (Å²) in [5.74, 6) is -0.00360. The summed E-state index contributed by atoms with van der Waals surface area (Å²) in [7, 11) is 1.99. The summed E-state index contributed by atoms with van der Waals surface area (Å²) in [6.45, 7) is 2.42. The minimum absolute atomic E-state index is 0.00360. The second-order valence-corrected chi connectivity index (χ2v) is 5.50. The summed E-state index contributed by atoms with van der Waals surface area (Å²) >= 11 is 0. The molecule has 0 aliphatic carbocycles. The van der Waals surface area contributed by atoms with Crippen LogP contribution in [-0.2, 0) is 11.2 Å². The van der Waals surface area contributed by atoms with Gasteiger partial charge in [0.15, 0.2) is 0 Å². The Hall–Kier alpha value is -1.90. The molecule has 1 aliphatic heterocycles. The van der Waals surface area contributed by atoms with Crippen LogP contribution in [0.15, 0.2) is 24.3 Å². The summed E-state index contributed by atoms with van der Waals surface area (Å²) in [5, 5.41) is 14.9. The molecule has 112 valence electrons. The van der Waals surface area contributed by atoms with Crippen molar-refractivity contribution in [2.24, 2.45) is 0 Å². The number of rotatable bonds is 5. The van der Waals surface area contributed by atoms with E-state index in [0.717, 1.165) is 37.2 Å². The number of benzene rings is 1. The second-order valence-electron chi connectivity index (χ2n) is 5.50. The maximum atomic E-state index is 12.1. The number of amides is 1. The molecule has 0 bridgehead atoms. The van der Waals surface area contributed by atoms with Crippen molar-refractivity contribution in [1.82, 2.24) is 10.2 Å². The molecular formula is C16H22N4O. The van der Waals surface area contributed by atoms with Crippen LogP contribution in [0.2, 0.25) is 0 Å². The van der Waals surface area contributed by atoms with Gasteiger partial charge in [-0.05, 0) is 44.1 Å². The van der Waals surface area contributed by atoms with Crippen LogP contribution < -0.4 is 10.6 Å². The van der Waals surface area contributed by atoms with Gasteiger partial charge < -0.3 is 10.6 Å². The van der Waals surface area contributed by atoms with E-state index in [1.54, 1.807) is 0 Å². The molecule has 0 spiro atoms. The Kier molecular flexibility index (Phi) is 5.73. The lowest BCUT2D eigenvalue weighted by Gasteiger charge is -2.31. The molecule has 5 heteroatoms. The topological polar surface area (TPSA) is 68.2 Å². The SMILES string of the molecule is CN(CC(=O)Nc1ccc(CC#N)cc1)C1CCCNC1. The molecule has 2 N–H and O–H groups in total. The molecule has 0 saturated carbocycles. The number of hydrogen-bond donors (Lipinski definition) is 2. The van der Waals surface area contributed by atoms with Gasteiger partial charge in [-0.1, -0.05) is 12.1 Å². The third kappa shape index (κ3) is 4.85. The monoisotopic (exact) mass is 286 g/mol. The van der Waals surface area contributed by atoms with E-state index in [0.29, 0.717) is 19.0 Å². The number of nitrogens with zero attached hydrogens (tertiary/aromatic N) is 2. The molecule has 21 heavy (non-hydrogen) atoms. The fourth-order valence-corrected chi connectivity index (χ4v) is 2.56. The highest BCUT2D eigenvalue weighted by molar-refractivity contribution is 5.92. The first-order chi connectivity index (χ1) is 10.2. The largest absolute Gasteiger partial charge is 0.325 e. The number of hydrogen-bond acceptors (Lipinski definition) is 4. The summed E-state index contributed by atoms with van der Waals surface area (Å²) in [6, 6.07) is 9.96. The Bertz CT molecular complexity index is 500. The zero-order chi connectivity index (χ0) is 15.1. The van der Waals surface area contributed by atoms with Gasteiger partial charge in [0.1, 0.15) is 0 Å². The van der Waals surface area contributed by atoms with Crippen LogP contribution in [-0.4, -0.2) is 43.5 Å². The number of piperidine rings is 1. The van der Waals surface area contributed by atoms with Gasteiger partial charge in [-0.3, -0.25) is 9.69 Å². The van der Waals surface area contributed by atoms with Crippen LogP contribution >= 0.6 is 0 Å².